The zero-order chi connectivity index (χ0) is 12.3. The number of benzene rings is 1. The Kier molecular flexibility index (Phi) is 3.00. The molecule has 0 fully saturated rings. The number of ether oxygens (including phenoxy) is 1. The Morgan fingerprint density at radius 1 is 1.24 bits per heavy atom. The molecule has 17 heavy (non-hydrogen) atoms. The number of aryl methyl sites for hydroxylation is 1. The van der Waals surface area contributed by atoms with Crippen LogP contribution >= 0.6 is 0 Å². The van der Waals surface area contributed by atoms with Crippen molar-refractivity contribution < 1.29 is 4.74 Å². The maximum absolute atomic E-state index is 7.41. The zero-order valence-corrected chi connectivity index (χ0v) is 9.34. The van der Waals surface area contributed by atoms with Crippen LogP contribution < -0.4 is 10.5 Å². The van der Waals surface area contributed by atoms with Crippen LogP contribution in [0.3, 0.4) is 0 Å². The Hall–Kier alpha value is -2.43. The molecule has 0 saturated carbocycles. The predicted octanol–water partition coefficient (Wildman–Crippen LogP) is 1.86. The molecular formula is C12H12N4O. The third-order valence-corrected chi connectivity index (χ3v) is 2.21. The first-order chi connectivity index (χ1) is 8.16. The average Bonchev–Trinajstić information content (AvgIpc) is 2.32. The van der Waals surface area contributed by atoms with E-state index in [1.165, 1.54) is 6.20 Å². The topological polar surface area (TPSA) is 84.9 Å². The quantitative estimate of drug-likeness (QED) is 0.620. The lowest BCUT2D eigenvalue weighted by molar-refractivity contribution is 0.454. The number of amidine groups is 1. The molecule has 0 aliphatic heterocycles. The van der Waals surface area contributed by atoms with Crippen LogP contribution in [-0.2, 0) is 0 Å². The van der Waals surface area contributed by atoms with E-state index in [0.29, 0.717) is 11.3 Å². The Morgan fingerprint density at radius 2 is 1.94 bits per heavy atom. The fourth-order valence-corrected chi connectivity index (χ4v) is 1.32. The number of hydrogen-bond donors (Lipinski definition) is 2. The molecule has 0 aliphatic carbocycles. The van der Waals surface area contributed by atoms with Gasteiger partial charge in [-0.2, -0.15) is 5.10 Å². The summed E-state index contributed by atoms with van der Waals surface area (Å²) in [5.74, 6) is 0.782. The number of hydrogen-bond acceptors (Lipinski definition) is 4. The number of nitrogen functional groups attached to an aromatic ring is 1. The number of rotatable bonds is 3. The molecule has 3 N–H and O–H groups in total. The summed E-state index contributed by atoms with van der Waals surface area (Å²) in [4.78, 5) is 0. The molecule has 1 aromatic carbocycles. The molecule has 0 radical (unpaired) electrons. The highest BCUT2D eigenvalue weighted by molar-refractivity contribution is 5.96. The molecule has 0 spiro atoms. The minimum absolute atomic E-state index is 0.0954. The molecule has 2 rings (SSSR count). The van der Waals surface area contributed by atoms with Crippen molar-refractivity contribution in [2.75, 3.05) is 0 Å². The van der Waals surface area contributed by atoms with Crippen LogP contribution in [0, 0.1) is 12.3 Å². The molecule has 0 atom stereocenters. The first kappa shape index (κ1) is 11.1. The highest BCUT2D eigenvalue weighted by Gasteiger charge is 2.09. The highest BCUT2D eigenvalue weighted by atomic mass is 16.5. The van der Waals surface area contributed by atoms with Crippen molar-refractivity contribution in [1.82, 2.24) is 10.2 Å². The molecule has 1 heterocycles. The van der Waals surface area contributed by atoms with E-state index in [1.807, 2.05) is 31.2 Å². The first-order valence-corrected chi connectivity index (χ1v) is 5.07. The summed E-state index contributed by atoms with van der Waals surface area (Å²) < 4.78 is 5.53. The first-order valence-electron chi connectivity index (χ1n) is 5.07. The van der Waals surface area contributed by atoms with E-state index in [-0.39, 0.29) is 11.7 Å². The molecule has 5 nitrogen and oxygen atoms in total. The Bertz CT molecular complexity index is 536. The van der Waals surface area contributed by atoms with Gasteiger partial charge in [-0.05, 0) is 25.1 Å². The van der Waals surface area contributed by atoms with Crippen molar-refractivity contribution in [2.24, 2.45) is 5.73 Å². The SMILES string of the molecule is Cc1ccc(Oc2nnccc2C(=N)N)cc1. The maximum atomic E-state index is 7.41. The lowest BCUT2D eigenvalue weighted by atomic mass is 10.2. The van der Waals surface area contributed by atoms with E-state index >= 15 is 0 Å². The lowest BCUT2D eigenvalue weighted by Crippen LogP contribution is -2.13. The van der Waals surface area contributed by atoms with E-state index in [0.717, 1.165) is 5.56 Å². The second-order valence-corrected chi connectivity index (χ2v) is 3.58. The highest BCUT2D eigenvalue weighted by Crippen LogP contribution is 2.21. The van der Waals surface area contributed by atoms with Gasteiger partial charge in [0.1, 0.15) is 11.6 Å². The van der Waals surface area contributed by atoms with Crippen LogP contribution in [0.5, 0.6) is 11.6 Å². The van der Waals surface area contributed by atoms with Crippen molar-refractivity contribution in [3.8, 4) is 11.6 Å². The number of nitrogens with one attached hydrogen (secondary N) is 1. The monoisotopic (exact) mass is 228 g/mol. The number of nitrogens with zero attached hydrogens (tertiary/aromatic N) is 2. The Morgan fingerprint density at radius 3 is 2.59 bits per heavy atom. The van der Waals surface area contributed by atoms with E-state index in [1.54, 1.807) is 6.07 Å². The van der Waals surface area contributed by atoms with Gasteiger partial charge >= 0.3 is 0 Å². The maximum Gasteiger partial charge on any atom is 0.249 e. The van der Waals surface area contributed by atoms with Crippen LogP contribution in [0.15, 0.2) is 36.5 Å². The van der Waals surface area contributed by atoms with Gasteiger partial charge in [-0.15, -0.1) is 5.10 Å². The summed E-state index contributed by atoms with van der Waals surface area (Å²) in [6, 6.07) is 9.11. The van der Waals surface area contributed by atoms with Gasteiger partial charge in [0.25, 0.3) is 0 Å². The summed E-state index contributed by atoms with van der Waals surface area (Å²) in [5, 5.41) is 14.9. The Balaban J connectivity index is 2.30. The third kappa shape index (κ3) is 2.57. The van der Waals surface area contributed by atoms with Crippen molar-refractivity contribution in [3.05, 3.63) is 47.7 Å². The van der Waals surface area contributed by atoms with Gasteiger partial charge in [0.15, 0.2) is 0 Å². The summed E-state index contributed by atoms with van der Waals surface area (Å²) in [6.07, 6.45) is 1.47. The summed E-state index contributed by atoms with van der Waals surface area (Å²) in [7, 11) is 0. The summed E-state index contributed by atoms with van der Waals surface area (Å²) in [5.41, 5.74) is 7.00. The third-order valence-electron chi connectivity index (χ3n) is 2.21. The van der Waals surface area contributed by atoms with Crippen LogP contribution in [0.1, 0.15) is 11.1 Å². The molecular weight excluding hydrogens is 216 g/mol. The summed E-state index contributed by atoms with van der Waals surface area (Å²) >= 11 is 0. The van der Waals surface area contributed by atoms with Crippen LogP contribution in [-0.4, -0.2) is 16.0 Å². The van der Waals surface area contributed by atoms with Crippen molar-refractivity contribution in [2.45, 2.75) is 6.92 Å². The second kappa shape index (κ2) is 4.61. The van der Waals surface area contributed by atoms with Gasteiger partial charge in [-0.1, -0.05) is 17.7 Å². The van der Waals surface area contributed by atoms with Gasteiger partial charge in [0, 0.05) is 0 Å². The summed E-state index contributed by atoms with van der Waals surface area (Å²) in [6.45, 7) is 1.99. The lowest BCUT2D eigenvalue weighted by Gasteiger charge is -2.07. The second-order valence-electron chi connectivity index (χ2n) is 3.58. The van der Waals surface area contributed by atoms with Gasteiger partial charge in [-0.3, -0.25) is 5.41 Å². The van der Waals surface area contributed by atoms with Gasteiger partial charge < -0.3 is 10.5 Å². The number of aromatic nitrogens is 2. The van der Waals surface area contributed by atoms with Gasteiger partial charge in [0.2, 0.25) is 5.88 Å². The molecule has 2 aromatic rings. The fourth-order valence-electron chi connectivity index (χ4n) is 1.32. The molecule has 0 amide bonds. The van der Waals surface area contributed by atoms with E-state index in [4.69, 9.17) is 15.9 Å². The largest absolute Gasteiger partial charge is 0.437 e. The van der Waals surface area contributed by atoms with Crippen LogP contribution in [0.2, 0.25) is 0 Å². The van der Waals surface area contributed by atoms with Crippen molar-refractivity contribution >= 4 is 5.84 Å². The van der Waals surface area contributed by atoms with E-state index < -0.39 is 0 Å². The molecule has 0 unspecified atom stereocenters. The molecule has 0 bridgehead atoms. The Labute approximate surface area is 98.8 Å². The standard InChI is InChI=1S/C12H12N4O/c1-8-2-4-9(5-3-8)17-12-10(11(13)14)6-7-15-16-12/h2-7H,1H3,(H3,13,14). The van der Waals surface area contributed by atoms with Gasteiger partial charge in [0.05, 0.1) is 11.8 Å². The van der Waals surface area contributed by atoms with Crippen LogP contribution in [0.4, 0.5) is 0 Å². The molecule has 0 aliphatic rings. The molecule has 0 saturated heterocycles. The van der Waals surface area contributed by atoms with E-state index in [9.17, 15) is 0 Å². The molecule has 5 heteroatoms. The number of nitrogens with two attached hydrogens (primary N) is 1. The molecule has 1 aromatic heterocycles. The van der Waals surface area contributed by atoms with Crippen molar-refractivity contribution in [3.63, 3.8) is 0 Å². The predicted molar refractivity (Wildman–Crippen MR) is 64.3 cm³/mol. The van der Waals surface area contributed by atoms with Crippen LogP contribution in [0.25, 0.3) is 0 Å². The fraction of sp³-hybridized carbons (Fsp3) is 0.0833. The van der Waals surface area contributed by atoms with Gasteiger partial charge in [-0.25, -0.2) is 0 Å². The van der Waals surface area contributed by atoms with Crippen molar-refractivity contribution in [1.29, 1.82) is 5.41 Å². The normalized spacial score (nSPS) is 9.94. The molecule has 86 valence electrons. The minimum Gasteiger partial charge on any atom is -0.437 e. The smallest absolute Gasteiger partial charge is 0.249 e. The minimum atomic E-state index is -0.0954. The van der Waals surface area contributed by atoms with E-state index in [2.05, 4.69) is 10.2 Å². The average molecular weight is 228 g/mol. The zero-order valence-electron chi connectivity index (χ0n) is 9.34.